The van der Waals surface area contributed by atoms with Crippen LogP contribution in [-0.2, 0) is 11.3 Å². The van der Waals surface area contributed by atoms with Crippen LogP contribution in [0, 0.1) is 5.82 Å². The highest BCUT2D eigenvalue weighted by molar-refractivity contribution is 6.06. The van der Waals surface area contributed by atoms with Crippen molar-refractivity contribution in [1.29, 1.82) is 0 Å². The van der Waals surface area contributed by atoms with Gasteiger partial charge < -0.3 is 19.5 Å². The molecule has 3 aromatic carbocycles. The van der Waals surface area contributed by atoms with E-state index in [1.165, 1.54) is 12.1 Å². The molecule has 0 spiro atoms. The minimum atomic E-state index is -0.302. The molecule has 3 rings (SSSR count). The van der Waals surface area contributed by atoms with Crippen LogP contribution in [0.2, 0.25) is 0 Å². The van der Waals surface area contributed by atoms with E-state index in [1.807, 2.05) is 0 Å². The Morgan fingerprint density at radius 2 is 1.62 bits per heavy atom. The Morgan fingerprint density at radius 3 is 2.34 bits per heavy atom. The monoisotopic (exact) mass is 395 g/mol. The summed E-state index contributed by atoms with van der Waals surface area (Å²) in [4.78, 5) is 12.7. The fourth-order valence-electron chi connectivity index (χ4n) is 2.60. The molecule has 1 N–H and O–H groups in total. The fraction of sp³-hybridized carbons (Fsp3) is 0.174. The van der Waals surface area contributed by atoms with Crippen molar-refractivity contribution in [2.45, 2.75) is 6.61 Å². The summed E-state index contributed by atoms with van der Waals surface area (Å²) in [5.41, 5.74) is 1.86. The molecule has 1 amide bonds. The van der Waals surface area contributed by atoms with Gasteiger partial charge in [-0.25, -0.2) is 4.39 Å². The highest BCUT2D eigenvalue weighted by Gasteiger charge is 2.13. The van der Waals surface area contributed by atoms with Crippen molar-refractivity contribution >= 4 is 11.6 Å². The standard InChI is InChI=1S/C23H22FNO4/c1-27-14-15-28-20-12-10-19(11-13-20)25-23(26)21-4-2-3-5-22(21)29-16-17-6-8-18(24)9-7-17/h2-13H,14-16H2,1H3,(H,25,26). The van der Waals surface area contributed by atoms with Crippen LogP contribution in [-0.4, -0.2) is 26.2 Å². The van der Waals surface area contributed by atoms with Crippen molar-refractivity contribution < 1.29 is 23.4 Å². The third-order valence-corrected chi connectivity index (χ3v) is 4.11. The molecule has 0 saturated carbocycles. The van der Waals surface area contributed by atoms with Crippen LogP contribution < -0.4 is 14.8 Å². The summed E-state index contributed by atoms with van der Waals surface area (Å²) < 4.78 is 29.3. The topological polar surface area (TPSA) is 56.8 Å². The van der Waals surface area contributed by atoms with Crippen molar-refractivity contribution in [2.24, 2.45) is 0 Å². The number of nitrogens with one attached hydrogen (secondary N) is 1. The number of hydrogen-bond acceptors (Lipinski definition) is 4. The lowest BCUT2D eigenvalue weighted by molar-refractivity contribution is 0.102. The summed E-state index contributed by atoms with van der Waals surface area (Å²) >= 11 is 0. The summed E-state index contributed by atoms with van der Waals surface area (Å²) in [6.45, 7) is 1.20. The number of para-hydroxylation sites is 1. The molecule has 0 fully saturated rings. The summed E-state index contributed by atoms with van der Waals surface area (Å²) in [6, 6.07) is 20.1. The molecule has 0 unspecified atom stereocenters. The maximum absolute atomic E-state index is 13.0. The SMILES string of the molecule is COCCOc1ccc(NC(=O)c2ccccc2OCc2ccc(F)cc2)cc1. The minimum Gasteiger partial charge on any atom is -0.491 e. The normalized spacial score (nSPS) is 10.4. The zero-order chi connectivity index (χ0) is 20.5. The maximum atomic E-state index is 13.0. The van der Waals surface area contributed by atoms with Crippen LogP contribution in [0.15, 0.2) is 72.8 Å². The molecule has 0 radical (unpaired) electrons. The van der Waals surface area contributed by atoms with E-state index in [1.54, 1.807) is 67.8 Å². The molecule has 0 aliphatic carbocycles. The van der Waals surface area contributed by atoms with E-state index >= 15 is 0 Å². The highest BCUT2D eigenvalue weighted by Crippen LogP contribution is 2.22. The average Bonchev–Trinajstić information content (AvgIpc) is 2.75. The van der Waals surface area contributed by atoms with Gasteiger partial charge in [0.25, 0.3) is 5.91 Å². The van der Waals surface area contributed by atoms with E-state index in [4.69, 9.17) is 14.2 Å². The van der Waals surface area contributed by atoms with Crippen LogP contribution in [0.4, 0.5) is 10.1 Å². The lowest BCUT2D eigenvalue weighted by Gasteiger charge is -2.12. The smallest absolute Gasteiger partial charge is 0.259 e. The summed E-state index contributed by atoms with van der Waals surface area (Å²) in [5.74, 6) is 0.563. The molecule has 0 aliphatic heterocycles. The van der Waals surface area contributed by atoms with Crippen LogP contribution >= 0.6 is 0 Å². The van der Waals surface area contributed by atoms with Crippen LogP contribution in [0.3, 0.4) is 0 Å². The number of hydrogen-bond donors (Lipinski definition) is 1. The number of carbonyl (C=O) groups is 1. The number of methoxy groups -OCH3 is 1. The summed E-state index contributed by atoms with van der Waals surface area (Å²) in [5, 5.41) is 2.85. The zero-order valence-corrected chi connectivity index (χ0v) is 16.1. The van der Waals surface area contributed by atoms with Crippen molar-refractivity contribution in [2.75, 3.05) is 25.6 Å². The summed E-state index contributed by atoms with van der Waals surface area (Å²) in [7, 11) is 1.61. The number of amides is 1. The largest absolute Gasteiger partial charge is 0.491 e. The minimum absolute atomic E-state index is 0.234. The molecule has 5 nitrogen and oxygen atoms in total. The van der Waals surface area contributed by atoms with Gasteiger partial charge in [0, 0.05) is 12.8 Å². The molecule has 0 aromatic heterocycles. The van der Waals surface area contributed by atoms with Gasteiger partial charge in [0.1, 0.15) is 30.5 Å². The molecule has 0 saturated heterocycles. The predicted molar refractivity (Wildman–Crippen MR) is 109 cm³/mol. The van der Waals surface area contributed by atoms with Gasteiger partial charge in [0.15, 0.2) is 0 Å². The van der Waals surface area contributed by atoms with E-state index in [9.17, 15) is 9.18 Å². The number of halogens is 1. The number of benzene rings is 3. The summed E-state index contributed by atoms with van der Waals surface area (Å²) in [6.07, 6.45) is 0. The Bertz CT molecular complexity index is 926. The number of carbonyl (C=O) groups excluding carboxylic acids is 1. The lowest BCUT2D eigenvalue weighted by Crippen LogP contribution is -2.13. The van der Waals surface area contributed by atoms with Crippen molar-refractivity contribution in [3.05, 3.63) is 89.7 Å². The molecule has 0 atom stereocenters. The van der Waals surface area contributed by atoms with Gasteiger partial charge in [-0.15, -0.1) is 0 Å². The fourth-order valence-corrected chi connectivity index (χ4v) is 2.60. The van der Waals surface area contributed by atoms with Crippen molar-refractivity contribution in [3.63, 3.8) is 0 Å². The molecule has 29 heavy (non-hydrogen) atoms. The molecule has 0 aliphatic rings. The molecule has 6 heteroatoms. The van der Waals surface area contributed by atoms with Crippen LogP contribution in [0.1, 0.15) is 15.9 Å². The van der Waals surface area contributed by atoms with Crippen LogP contribution in [0.5, 0.6) is 11.5 Å². The van der Waals surface area contributed by atoms with Gasteiger partial charge in [-0.1, -0.05) is 24.3 Å². The Labute approximate surface area is 169 Å². The predicted octanol–water partition coefficient (Wildman–Crippen LogP) is 4.68. The Morgan fingerprint density at radius 1 is 0.897 bits per heavy atom. The first-order chi connectivity index (χ1) is 14.2. The van der Waals surface area contributed by atoms with Crippen molar-refractivity contribution in [3.8, 4) is 11.5 Å². The van der Waals surface area contributed by atoms with Gasteiger partial charge in [0.05, 0.1) is 12.2 Å². The van der Waals surface area contributed by atoms with E-state index in [-0.39, 0.29) is 18.3 Å². The van der Waals surface area contributed by atoms with Gasteiger partial charge in [-0.05, 0) is 54.1 Å². The Kier molecular flexibility index (Phi) is 7.19. The number of ether oxygens (including phenoxy) is 3. The molecule has 150 valence electrons. The first-order valence-corrected chi connectivity index (χ1v) is 9.15. The molecular formula is C23H22FNO4. The second-order valence-electron chi connectivity index (χ2n) is 6.23. The quantitative estimate of drug-likeness (QED) is 0.535. The molecule has 3 aromatic rings. The Balaban J connectivity index is 1.62. The van der Waals surface area contributed by atoms with Crippen molar-refractivity contribution in [1.82, 2.24) is 0 Å². The number of rotatable bonds is 9. The van der Waals surface area contributed by atoms with E-state index < -0.39 is 0 Å². The Hall–Kier alpha value is -3.38. The second kappa shape index (κ2) is 10.2. The molecule has 0 bridgehead atoms. The van der Waals surface area contributed by atoms with Gasteiger partial charge in [-0.2, -0.15) is 0 Å². The average molecular weight is 395 g/mol. The third kappa shape index (κ3) is 6.05. The maximum Gasteiger partial charge on any atom is 0.259 e. The third-order valence-electron chi connectivity index (χ3n) is 4.11. The molecular weight excluding hydrogens is 373 g/mol. The zero-order valence-electron chi connectivity index (χ0n) is 16.1. The van der Waals surface area contributed by atoms with E-state index in [0.29, 0.717) is 36.0 Å². The van der Waals surface area contributed by atoms with Gasteiger partial charge in [-0.3, -0.25) is 4.79 Å². The first kappa shape index (κ1) is 20.4. The van der Waals surface area contributed by atoms with E-state index in [2.05, 4.69) is 5.32 Å². The first-order valence-electron chi connectivity index (χ1n) is 9.15. The van der Waals surface area contributed by atoms with Gasteiger partial charge >= 0.3 is 0 Å². The van der Waals surface area contributed by atoms with Gasteiger partial charge in [0.2, 0.25) is 0 Å². The van der Waals surface area contributed by atoms with Crippen LogP contribution in [0.25, 0.3) is 0 Å². The highest BCUT2D eigenvalue weighted by atomic mass is 19.1. The number of anilines is 1. The lowest BCUT2D eigenvalue weighted by atomic mass is 10.1. The second-order valence-corrected chi connectivity index (χ2v) is 6.23. The molecule has 0 heterocycles. The van der Waals surface area contributed by atoms with E-state index in [0.717, 1.165) is 5.56 Å².